The second kappa shape index (κ2) is 6.70. The third-order valence-electron chi connectivity index (χ3n) is 2.99. The molecule has 1 N–H and O–H groups in total. The summed E-state index contributed by atoms with van der Waals surface area (Å²) in [5.41, 5.74) is 0.968. The molecule has 2 rings (SSSR count). The van der Waals surface area contributed by atoms with E-state index in [0.29, 0.717) is 5.75 Å². The van der Waals surface area contributed by atoms with Crippen molar-refractivity contribution < 1.29 is 9.13 Å². The number of hydrogen-bond acceptors (Lipinski definition) is 2. The molecule has 0 fully saturated rings. The van der Waals surface area contributed by atoms with E-state index in [4.69, 9.17) is 4.74 Å². The van der Waals surface area contributed by atoms with Gasteiger partial charge >= 0.3 is 0 Å². The van der Waals surface area contributed by atoms with Crippen LogP contribution in [-0.4, -0.2) is 7.05 Å². The number of rotatable bonds is 4. The van der Waals surface area contributed by atoms with Gasteiger partial charge in [-0.3, -0.25) is 0 Å². The highest BCUT2D eigenvalue weighted by Gasteiger charge is 2.13. The molecule has 5 heteroatoms. The van der Waals surface area contributed by atoms with Crippen molar-refractivity contribution in [2.24, 2.45) is 0 Å². The predicted octanol–water partition coefficient (Wildman–Crippen LogP) is 5.42. The van der Waals surface area contributed by atoms with Crippen molar-refractivity contribution in [3.8, 4) is 11.5 Å². The highest BCUT2D eigenvalue weighted by Crippen LogP contribution is 2.34. The maximum absolute atomic E-state index is 13.8. The average molecular weight is 403 g/mol. The van der Waals surface area contributed by atoms with Crippen LogP contribution in [0.4, 0.5) is 4.39 Å². The van der Waals surface area contributed by atoms with Crippen molar-refractivity contribution in [2.75, 3.05) is 7.05 Å². The van der Waals surface area contributed by atoms with Crippen molar-refractivity contribution in [2.45, 2.75) is 13.0 Å². The fourth-order valence-electron chi connectivity index (χ4n) is 1.78. The van der Waals surface area contributed by atoms with Gasteiger partial charge < -0.3 is 10.1 Å². The van der Waals surface area contributed by atoms with Crippen LogP contribution in [0.15, 0.2) is 45.3 Å². The lowest BCUT2D eigenvalue weighted by Gasteiger charge is -2.17. The van der Waals surface area contributed by atoms with Crippen LogP contribution >= 0.6 is 31.9 Å². The fraction of sp³-hybridized carbons (Fsp3) is 0.200. The summed E-state index contributed by atoms with van der Waals surface area (Å²) in [5.74, 6) is 0.427. The van der Waals surface area contributed by atoms with Crippen LogP contribution in [0.3, 0.4) is 0 Å². The average Bonchev–Trinajstić information content (AvgIpc) is 2.42. The van der Waals surface area contributed by atoms with Crippen LogP contribution < -0.4 is 10.1 Å². The molecule has 0 saturated carbocycles. The minimum atomic E-state index is -0.392. The van der Waals surface area contributed by atoms with E-state index >= 15 is 0 Å². The summed E-state index contributed by atoms with van der Waals surface area (Å²) in [6.45, 7) is 2.02. The molecule has 20 heavy (non-hydrogen) atoms. The first kappa shape index (κ1) is 15.5. The largest absolute Gasteiger partial charge is 0.454 e. The molecule has 0 spiro atoms. The van der Waals surface area contributed by atoms with Gasteiger partial charge in [-0.05, 0) is 44.3 Å². The summed E-state index contributed by atoms with van der Waals surface area (Å²) in [6, 6.07) is 10.5. The summed E-state index contributed by atoms with van der Waals surface area (Å²) in [6.07, 6.45) is 0. The second-order valence-electron chi connectivity index (χ2n) is 4.37. The molecular weight excluding hydrogens is 389 g/mol. The fourth-order valence-corrected chi connectivity index (χ4v) is 2.46. The molecule has 2 nitrogen and oxygen atoms in total. The van der Waals surface area contributed by atoms with Crippen LogP contribution in [0.25, 0.3) is 0 Å². The van der Waals surface area contributed by atoms with Gasteiger partial charge in [-0.1, -0.05) is 37.9 Å². The van der Waals surface area contributed by atoms with E-state index in [-0.39, 0.29) is 11.8 Å². The van der Waals surface area contributed by atoms with Crippen molar-refractivity contribution in [1.82, 2.24) is 5.32 Å². The van der Waals surface area contributed by atoms with Gasteiger partial charge in [0.15, 0.2) is 11.6 Å². The van der Waals surface area contributed by atoms with Crippen LogP contribution in [0.2, 0.25) is 0 Å². The normalized spacial score (nSPS) is 12.2. The molecule has 2 aromatic carbocycles. The third-order valence-corrected chi connectivity index (χ3v) is 3.97. The van der Waals surface area contributed by atoms with Crippen molar-refractivity contribution in [3.05, 3.63) is 56.7 Å². The topological polar surface area (TPSA) is 21.3 Å². The maximum atomic E-state index is 13.8. The molecule has 0 bridgehead atoms. The minimum absolute atomic E-state index is 0.105. The number of halogens is 3. The lowest BCUT2D eigenvalue weighted by Crippen LogP contribution is -2.13. The highest BCUT2D eigenvalue weighted by atomic mass is 79.9. The Morgan fingerprint density at radius 3 is 2.30 bits per heavy atom. The molecule has 1 unspecified atom stereocenters. The van der Waals surface area contributed by atoms with E-state index in [0.717, 1.165) is 14.5 Å². The zero-order chi connectivity index (χ0) is 14.7. The van der Waals surface area contributed by atoms with Crippen molar-refractivity contribution in [3.63, 3.8) is 0 Å². The number of ether oxygens (including phenoxy) is 1. The number of benzene rings is 2. The first-order valence-corrected chi connectivity index (χ1v) is 7.69. The quantitative estimate of drug-likeness (QED) is 0.736. The van der Waals surface area contributed by atoms with Gasteiger partial charge in [0.05, 0.1) is 0 Å². The molecule has 0 aromatic heterocycles. The molecule has 0 aliphatic heterocycles. The molecule has 0 radical (unpaired) electrons. The SMILES string of the molecule is CNC(C)c1ccc(Br)cc1Oc1cc(Br)ccc1F. The van der Waals surface area contributed by atoms with E-state index in [1.165, 1.54) is 6.07 Å². The molecular formula is C15H14Br2FNO. The molecule has 0 aliphatic rings. The maximum Gasteiger partial charge on any atom is 0.165 e. The Hall–Kier alpha value is -0.910. The van der Waals surface area contributed by atoms with Gasteiger partial charge in [-0.25, -0.2) is 4.39 Å². The molecule has 2 aromatic rings. The number of hydrogen-bond donors (Lipinski definition) is 1. The summed E-state index contributed by atoms with van der Waals surface area (Å²) in [4.78, 5) is 0. The van der Waals surface area contributed by atoms with Gasteiger partial charge in [0.1, 0.15) is 5.75 Å². The van der Waals surface area contributed by atoms with Gasteiger partial charge in [0.2, 0.25) is 0 Å². The van der Waals surface area contributed by atoms with Gasteiger partial charge in [0.25, 0.3) is 0 Å². The van der Waals surface area contributed by atoms with Crippen LogP contribution in [0, 0.1) is 5.82 Å². The molecule has 106 valence electrons. The number of nitrogens with one attached hydrogen (secondary N) is 1. The van der Waals surface area contributed by atoms with Crippen LogP contribution in [-0.2, 0) is 0 Å². The highest BCUT2D eigenvalue weighted by molar-refractivity contribution is 9.10. The first-order valence-electron chi connectivity index (χ1n) is 6.11. The summed E-state index contributed by atoms with van der Waals surface area (Å²) >= 11 is 6.73. The first-order chi connectivity index (χ1) is 9.51. The van der Waals surface area contributed by atoms with Gasteiger partial charge in [-0.15, -0.1) is 0 Å². The van der Waals surface area contributed by atoms with E-state index in [1.54, 1.807) is 12.1 Å². The monoisotopic (exact) mass is 401 g/mol. The Labute approximate surface area is 134 Å². The minimum Gasteiger partial charge on any atom is -0.454 e. The van der Waals surface area contributed by atoms with Crippen LogP contribution in [0.1, 0.15) is 18.5 Å². The molecule has 0 aliphatic carbocycles. The summed E-state index contributed by atoms with van der Waals surface area (Å²) in [5, 5.41) is 3.15. The molecule has 0 amide bonds. The van der Waals surface area contributed by atoms with Crippen LogP contribution in [0.5, 0.6) is 11.5 Å². The van der Waals surface area contributed by atoms with E-state index in [1.807, 2.05) is 32.2 Å². The Balaban J connectivity index is 2.41. The Morgan fingerprint density at radius 2 is 1.65 bits per heavy atom. The zero-order valence-electron chi connectivity index (χ0n) is 11.1. The predicted molar refractivity (Wildman–Crippen MR) is 85.8 cm³/mol. The Morgan fingerprint density at radius 1 is 1.05 bits per heavy atom. The van der Waals surface area contributed by atoms with Gasteiger partial charge in [-0.2, -0.15) is 0 Å². The zero-order valence-corrected chi connectivity index (χ0v) is 14.3. The smallest absolute Gasteiger partial charge is 0.165 e. The molecule has 0 heterocycles. The lowest BCUT2D eigenvalue weighted by atomic mass is 10.1. The van der Waals surface area contributed by atoms with E-state index in [2.05, 4.69) is 37.2 Å². The molecule has 0 saturated heterocycles. The summed E-state index contributed by atoms with van der Waals surface area (Å²) in [7, 11) is 1.87. The standard InChI is InChI=1S/C15H14Br2FNO/c1-9(19-2)12-5-3-10(16)7-14(12)20-15-8-11(17)4-6-13(15)18/h3-9,19H,1-2H3. The van der Waals surface area contributed by atoms with Gasteiger partial charge in [0, 0.05) is 20.6 Å². The van der Waals surface area contributed by atoms with Crippen molar-refractivity contribution in [1.29, 1.82) is 0 Å². The molecule has 1 atom stereocenters. The van der Waals surface area contributed by atoms with E-state index in [9.17, 15) is 4.39 Å². The second-order valence-corrected chi connectivity index (χ2v) is 6.20. The summed E-state index contributed by atoms with van der Waals surface area (Å²) < 4.78 is 21.2. The Kier molecular flexibility index (Phi) is 5.18. The third kappa shape index (κ3) is 3.59. The van der Waals surface area contributed by atoms with Crippen molar-refractivity contribution >= 4 is 31.9 Å². The Bertz CT molecular complexity index is 619. The van der Waals surface area contributed by atoms with E-state index < -0.39 is 5.82 Å². The lowest BCUT2D eigenvalue weighted by molar-refractivity contribution is 0.431.